The van der Waals surface area contributed by atoms with Crippen molar-refractivity contribution in [1.29, 1.82) is 0 Å². The molecule has 1 amide bonds. The van der Waals surface area contributed by atoms with E-state index in [4.69, 9.17) is 0 Å². The van der Waals surface area contributed by atoms with Gasteiger partial charge in [-0.3, -0.25) is 4.79 Å². The molecule has 1 aromatic carbocycles. The highest BCUT2D eigenvalue weighted by Crippen LogP contribution is 2.07. The molecule has 0 bridgehead atoms. The van der Waals surface area contributed by atoms with E-state index in [-0.39, 0.29) is 11.2 Å². The lowest BCUT2D eigenvalue weighted by molar-refractivity contribution is -0.120. The van der Waals surface area contributed by atoms with Gasteiger partial charge in [-0.1, -0.05) is 44.2 Å². The Morgan fingerprint density at radius 2 is 1.95 bits per heavy atom. The summed E-state index contributed by atoms with van der Waals surface area (Å²) in [7, 11) is 0. The molecular weight excluding hydrogens is 268 g/mol. The Kier molecular flexibility index (Phi) is 8.38. The summed E-state index contributed by atoms with van der Waals surface area (Å²) < 4.78 is 0. The van der Waals surface area contributed by atoms with Crippen molar-refractivity contribution in [1.82, 2.24) is 10.2 Å². The highest BCUT2D eigenvalue weighted by Gasteiger charge is 2.14. The van der Waals surface area contributed by atoms with E-state index in [1.165, 1.54) is 0 Å². The average molecular weight is 294 g/mol. The van der Waals surface area contributed by atoms with E-state index in [9.17, 15) is 4.79 Å². The molecule has 0 aliphatic carbocycles. The van der Waals surface area contributed by atoms with E-state index in [1.807, 2.05) is 30.3 Å². The highest BCUT2D eigenvalue weighted by molar-refractivity contribution is 7.81. The quantitative estimate of drug-likeness (QED) is 0.685. The number of carbonyl (C=O) groups is 1. The number of benzene rings is 1. The molecule has 0 saturated heterocycles. The third-order valence-corrected chi connectivity index (χ3v) is 3.71. The van der Waals surface area contributed by atoms with Crippen molar-refractivity contribution < 1.29 is 4.79 Å². The van der Waals surface area contributed by atoms with Crippen LogP contribution in [0.5, 0.6) is 0 Å². The molecule has 4 heteroatoms. The molecule has 20 heavy (non-hydrogen) atoms. The summed E-state index contributed by atoms with van der Waals surface area (Å²) in [6.45, 7) is 8.03. The van der Waals surface area contributed by atoms with Gasteiger partial charge >= 0.3 is 0 Å². The molecule has 0 fully saturated rings. The molecule has 1 atom stereocenters. The fraction of sp³-hybridized carbons (Fsp3) is 0.562. The lowest BCUT2D eigenvalue weighted by Gasteiger charge is -2.20. The second kappa shape index (κ2) is 9.83. The zero-order valence-electron chi connectivity index (χ0n) is 12.5. The minimum Gasteiger partial charge on any atom is -0.354 e. The molecule has 0 spiro atoms. The minimum absolute atomic E-state index is 0.0183. The van der Waals surface area contributed by atoms with Gasteiger partial charge in [0.05, 0.1) is 5.25 Å². The Bertz CT molecular complexity index is 383. The summed E-state index contributed by atoms with van der Waals surface area (Å²) in [5.74, 6) is 0.0183. The van der Waals surface area contributed by atoms with E-state index in [0.717, 1.165) is 31.6 Å². The second-order valence-corrected chi connectivity index (χ2v) is 5.55. The molecule has 1 aromatic rings. The normalized spacial score (nSPS) is 12.4. The Labute approximate surface area is 128 Å². The van der Waals surface area contributed by atoms with Crippen LogP contribution >= 0.6 is 12.6 Å². The summed E-state index contributed by atoms with van der Waals surface area (Å²) in [6, 6.07) is 9.99. The summed E-state index contributed by atoms with van der Waals surface area (Å²) >= 11 is 4.40. The Hall–Kier alpha value is -1.00. The zero-order chi connectivity index (χ0) is 14.8. The SMILES string of the molecule is CCCN(CC)CCNC(=O)C(S)Cc1ccccc1. The number of nitrogens with zero attached hydrogens (tertiary/aromatic N) is 1. The molecule has 1 rings (SSSR count). The van der Waals surface area contributed by atoms with Crippen LogP contribution in [0.2, 0.25) is 0 Å². The summed E-state index contributed by atoms with van der Waals surface area (Å²) in [4.78, 5) is 14.3. The number of hydrogen-bond donors (Lipinski definition) is 2. The largest absolute Gasteiger partial charge is 0.354 e. The fourth-order valence-electron chi connectivity index (χ4n) is 2.13. The maximum atomic E-state index is 12.0. The van der Waals surface area contributed by atoms with Gasteiger partial charge in [0.2, 0.25) is 5.91 Å². The first kappa shape index (κ1) is 17.1. The van der Waals surface area contributed by atoms with Gasteiger partial charge in [-0.25, -0.2) is 0 Å². The monoisotopic (exact) mass is 294 g/mol. The Morgan fingerprint density at radius 1 is 1.25 bits per heavy atom. The summed E-state index contributed by atoms with van der Waals surface area (Å²) in [5, 5.41) is 2.69. The zero-order valence-corrected chi connectivity index (χ0v) is 13.4. The molecule has 0 saturated carbocycles. The van der Waals surface area contributed by atoms with Crippen molar-refractivity contribution in [2.24, 2.45) is 0 Å². The Balaban J connectivity index is 2.28. The van der Waals surface area contributed by atoms with Crippen molar-refractivity contribution in [2.75, 3.05) is 26.2 Å². The van der Waals surface area contributed by atoms with Crippen LogP contribution in [0.15, 0.2) is 30.3 Å². The van der Waals surface area contributed by atoms with Crippen LogP contribution in [0.1, 0.15) is 25.8 Å². The van der Waals surface area contributed by atoms with Gasteiger partial charge in [0.25, 0.3) is 0 Å². The van der Waals surface area contributed by atoms with Crippen LogP contribution < -0.4 is 5.32 Å². The van der Waals surface area contributed by atoms with Crippen molar-refractivity contribution in [3.63, 3.8) is 0 Å². The third kappa shape index (κ3) is 6.44. The molecular formula is C16H26N2OS. The molecule has 1 N–H and O–H groups in total. The van der Waals surface area contributed by atoms with Crippen molar-refractivity contribution in [3.05, 3.63) is 35.9 Å². The van der Waals surface area contributed by atoms with E-state index >= 15 is 0 Å². The maximum Gasteiger partial charge on any atom is 0.233 e. The Morgan fingerprint density at radius 3 is 2.55 bits per heavy atom. The highest BCUT2D eigenvalue weighted by atomic mass is 32.1. The van der Waals surface area contributed by atoms with Crippen LogP contribution in [0, 0.1) is 0 Å². The number of thiol groups is 1. The lowest BCUT2D eigenvalue weighted by atomic mass is 10.1. The van der Waals surface area contributed by atoms with Crippen LogP contribution in [-0.2, 0) is 11.2 Å². The molecule has 0 aliphatic rings. The van der Waals surface area contributed by atoms with Crippen LogP contribution in [0.25, 0.3) is 0 Å². The third-order valence-electron chi connectivity index (χ3n) is 3.29. The first-order chi connectivity index (χ1) is 9.67. The predicted octanol–water partition coefficient (Wildman–Crippen LogP) is 2.38. The maximum absolute atomic E-state index is 12.0. The number of hydrogen-bond acceptors (Lipinski definition) is 3. The molecule has 0 aromatic heterocycles. The molecule has 0 heterocycles. The molecule has 3 nitrogen and oxygen atoms in total. The van der Waals surface area contributed by atoms with Crippen molar-refractivity contribution in [3.8, 4) is 0 Å². The minimum atomic E-state index is -0.279. The van der Waals surface area contributed by atoms with Gasteiger partial charge in [-0.05, 0) is 31.5 Å². The van der Waals surface area contributed by atoms with Crippen molar-refractivity contribution >= 4 is 18.5 Å². The van der Waals surface area contributed by atoms with Crippen LogP contribution in [-0.4, -0.2) is 42.2 Å². The fourth-order valence-corrected chi connectivity index (χ4v) is 2.43. The number of rotatable bonds is 9. The smallest absolute Gasteiger partial charge is 0.233 e. The lowest BCUT2D eigenvalue weighted by Crippen LogP contribution is -2.39. The van der Waals surface area contributed by atoms with Gasteiger partial charge in [0.1, 0.15) is 0 Å². The molecule has 112 valence electrons. The van der Waals surface area contributed by atoms with Gasteiger partial charge < -0.3 is 10.2 Å². The summed E-state index contributed by atoms with van der Waals surface area (Å²) in [6.07, 6.45) is 1.81. The van der Waals surface area contributed by atoms with Crippen molar-refractivity contribution in [2.45, 2.75) is 31.9 Å². The average Bonchev–Trinajstić information content (AvgIpc) is 2.47. The van der Waals surface area contributed by atoms with Gasteiger partial charge in [-0.2, -0.15) is 12.6 Å². The number of likely N-dealkylation sites (N-methyl/N-ethyl adjacent to an activating group) is 1. The first-order valence-electron chi connectivity index (χ1n) is 7.39. The molecule has 1 unspecified atom stereocenters. The van der Waals surface area contributed by atoms with Gasteiger partial charge in [-0.15, -0.1) is 0 Å². The van der Waals surface area contributed by atoms with Gasteiger partial charge in [0, 0.05) is 13.1 Å². The number of carbonyl (C=O) groups excluding carboxylic acids is 1. The van der Waals surface area contributed by atoms with Gasteiger partial charge in [0.15, 0.2) is 0 Å². The molecule has 0 aliphatic heterocycles. The summed E-state index contributed by atoms with van der Waals surface area (Å²) in [5.41, 5.74) is 1.14. The number of amides is 1. The predicted molar refractivity (Wildman–Crippen MR) is 88.3 cm³/mol. The topological polar surface area (TPSA) is 32.3 Å². The second-order valence-electron chi connectivity index (χ2n) is 4.93. The van der Waals surface area contributed by atoms with Crippen LogP contribution in [0.3, 0.4) is 0 Å². The standard InChI is InChI=1S/C16H26N2OS/c1-3-11-18(4-2)12-10-17-16(19)15(20)13-14-8-6-5-7-9-14/h5-9,15,20H,3-4,10-13H2,1-2H3,(H,17,19). The first-order valence-corrected chi connectivity index (χ1v) is 7.91. The van der Waals surface area contributed by atoms with Crippen LogP contribution in [0.4, 0.5) is 0 Å². The van der Waals surface area contributed by atoms with E-state index in [2.05, 4.69) is 36.7 Å². The van der Waals surface area contributed by atoms with E-state index in [0.29, 0.717) is 13.0 Å². The van der Waals surface area contributed by atoms with E-state index in [1.54, 1.807) is 0 Å². The number of nitrogens with one attached hydrogen (secondary N) is 1. The molecule has 0 radical (unpaired) electrons. The van der Waals surface area contributed by atoms with E-state index < -0.39 is 0 Å².